The predicted molar refractivity (Wildman–Crippen MR) is 107 cm³/mol. The topological polar surface area (TPSA) is 53.5 Å². The molecule has 10 heteroatoms. The molecule has 3 aromatic heterocycles. The van der Waals surface area contributed by atoms with Crippen LogP contribution in [-0.4, -0.2) is 35.6 Å². The van der Waals surface area contributed by atoms with Gasteiger partial charge in [0, 0.05) is 0 Å². The van der Waals surface area contributed by atoms with Crippen LogP contribution < -0.4 is 0 Å². The Morgan fingerprint density at radius 2 is 1.24 bits per heavy atom. The van der Waals surface area contributed by atoms with E-state index in [0.29, 0.717) is 0 Å². The Hall–Kier alpha value is -1.61. The minimum Gasteiger partial charge on any atom is -0.395 e. The van der Waals surface area contributed by atoms with Crippen molar-refractivity contribution in [3.8, 4) is 0 Å². The molecule has 1 aliphatic rings. The second-order valence-corrected chi connectivity index (χ2v) is 8.49. The summed E-state index contributed by atoms with van der Waals surface area (Å²) in [6.07, 6.45) is 15.1. The first-order chi connectivity index (χ1) is 12.0. The lowest BCUT2D eigenvalue weighted by Gasteiger charge is -2.41. The van der Waals surface area contributed by atoms with Crippen molar-refractivity contribution in [2.24, 2.45) is 0 Å². The minimum atomic E-state index is -1.86. The molecule has 126 valence electrons. The Kier molecular flexibility index (Phi) is 4.23. The molecule has 0 saturated carbocycles. The van der Waals surface area contributed by atoms with Gasteiger partial charge < -0.3 is 13.8 Å². The summed E-state index contributed by atoms with van der Waals surface area (Å²) in [6, 6.07) is 0. The van der Waals surface area contributed by atoms with Gasteiger partial charge in [-0.05, 0) is 78.9 Å². The van der Waals surface area contributed by atoms with Crippen LogP contribution in [0.2, 0.25) is 0 Å². The molecule has 3 heterocycles. The maximum absolute atomic E-state index is 4.57. The molecule has 0 atom stereocenters. The van der Waals surface area contributed by atoms with Crippen molar-refractivity contribution < 1.29 is 0 Å². The lowest BCUT2D eigenvalue weighted by Crippen LogP contribution is -2.60. The van der Waals surface area contributed by atoms with E-state index in [4.69, 9.17) is 0 Å². The third-order valence-corrected chi connectivity index (χ3v) is 5.32. The summed E-state index contributed by atoms with van der Waals surface area (Å²) in [7, 11) is 0. The molecule has 1 aliphatic carbocycles. The van der Waals surface area contributed by atoms with E-state index in [0.717, 1.165) is 24.5 Å². The zero-order valence-corrected chi connectivity index (χ0v) is 17.8. The fraction of sp³-hybridized carbons (Fsp3) is 0.0667. The maximum atomic E-state index is 4.57. The highest BCUT2D eigenvalue weighted by Gasteiger charge is 2.39. The zero-order valence-electron chi connectivity index (χ0n) is 13.0. The van der Waals surface area contributed by atoms with Gasteiger partial charge in [-0.3, -0.25) is 0 Å². The lowest BCUT2D eigenvalue weighted by molar-refractivity contribution is 0.737. The Balaban J connectivity index is 2.12. The highest BCUT2D eigenvalue weighted by atomic mass is 79.9. The van der Waals surface area contributed by atoms with Crippen LogP contribution in [0.3, 0.4) is 0 Å². The van der Waals surface area contributed by atoms with Crippen molar-refractivity contribution in [2.45, 2.75) is 6.92 Å². The van der Waals surface area contributed by atoms with E-state index in [1.165, 1.54) is 0 Å². The summed E-state index contributed by atoms with van der Waals surface area (Å²) in [5, 5.41) is 13.7. The number of rotatable bonds is 4. The molecule has 0 spiro atoms. The first-order valence-electron chi connectivity index (χ1n) is 7.42. The summed E-state index contributed by atoms with van der Waals surface area (Å²) in [5.41, 5.74) is 5.42. The average molecular weight is 526 g/mol. The zero-order chi connectivity index (χ0) is 17.6. The number of aromatic nitrogens is 6. The second-order valence-electron chi connectivity index (χ2n) is 5.75. The molecule has 0 fully saturated rings. The van der Waals surface area contributed by atoms with E-state index in [1.807, 2.05) is 51.4 Å². The average Bonchev–Trinajstić information content (AvgIpc) is 3.33. The normalized spacial score (nSPS) is 14.1. The Labute approximate surface area is 169 Å². The van der Waals surface area contributed by atoms with Crippen LogP contribution in [0, 0.1) is 0 Å². The largest absolute Gasteiger partial charge is 0.395 e. The quantitative estimate of drug-likeness (QED) is 0.382. The Morgan fingerprint density at radius 1 is 0.800 bits per heavy atom. The first kappa shape index (κ1) is 16.8. The molecule has 0 radical (unpaired) electrons. The third-order valence-electron chi connectivity index (χ3n) is 4.09. The Morgan fingerprint density at radius 3 is 1.52 bits per heavy atom. The second kappa shape index (κ2) is 6.28. The number of hydrogen-bond donors (Lipinski definition) is 0. The van der Waals surface area contributed by atoms with Crippen LogP contribution in [0.15, 0.2) is 79.5 Å². The first-order valence-corrected chi connectivity index (χ1v) is 9.80. The SMILES string of the molecule is CC1=C=C([B-](n2cc(Br)cn2)(n2cc(Br)cn2)n2cc(Br)cn2)C=C1. The molecule has 0 bridgehead atoms. The summed E-state index contributed by atoms with van der Waals surface area (Å²) < 4.78 is 8.23. The summed E-state index contributed by atoms with van der Waals surface area (Å²) in [4.78, 5) is 0. The van der Waals surface area contributed by atoms with Gasteiger partial charge in [-0.1, -0.05) is 17.6 Å². The molecule has 0 saturated heterocycles. The third kappa shape index (κ3) is 2.73. The monoisotopic (exact) mass is 523 g/mol. The van der Waals surface area contributed by atoms with Gasteiger partial charge in [0.05, 0.1) is 32.0 Å². The van der Waals surface area contributed by atoms with Gasteiger partial charge in [0.15, 0.2) is 0 Å². The van der Waals surface area contributed by atoms with Crippen LogP contribution in [-0.2, 0) is 0 Å². The van der Waals surface area contributed by atoms with Crippen molar-refractivity contribution in [3.05, 3.63) is 79.5 Å². The van der Waals surface area contributed by atoms with Gasteiger partial charge in [-0.2, -0.15) is 5.73 Å². The summed E-state index contributed by atoms with van der Waals surface area (Å²) in [6.45, 7) is 0.154. The predicted octanol–water partition coefficient (Wildman–Crippen LogP) is 4.03. The molecule has 3 aromatic rings. The van der Waals surface area contributed by atoms with E-state index >= 15 is 0 Å². The van der Waals surface area contributed by atoms with Gasteiger partial charge >= 0.3 is 6.55 Å². The van der Waals surface area contributed by atoms with Crippen molar-refractivity contribution in [2.75, 3.05) is 0 Å². The van der Waals surface area contributed by atoms with Gasteiger partial charge in [-0.15, -0.1) is 0 Å². The molecule has 25 heavy (non-hydrogen) atoms. The molecule has 0 aliphatic heterocycles. The fourth-order valence-electron chi connectivity index (χ4n) is 3.08. The standard InChI is InChI=1S/C15H11BBr3N6/c1-11-2-3-12(4-11)16(23-8-13(17)5-20-23,24-9-14(18)6-21-24)25-10-15(19)7-22-25/h2-3,5-10H,1H3/q-1. The molecular weight excluding hydrogens is 515 g/mol. The Bertz CT molecular complexity index is 955. The molecule has 0 unspecified atom stereocenters. The van der Waals surface area contributed by atoms with Crippen molar-refractivity contribution in [1.82, 2.24) is 29.1 Å². The van der Waals surface area contributed by atoms with E-state index in [-0.39, 0.29) is 0 Å². The van der Waals surface area contributed by atoms with Crippen LogP contribution in [0.25, 0.3) is 0 Å². The summed E-state index contributed by atoms with van der Waals surface area (Å²) >= 11 is 10.5. The maximum Gasteiger partial charge on any atom is 0.376 e. The molecule has 6 nitrogen and oxygen atoms in total. The van der Waals surface area contributed by atoms with Crippen LogP contribution >= 0.6 is 47.8 Å². The number of nitrogens with zero attached hydrogens (tertiary/aromatic N) is 6. The molecule has 0 aromatic carbocycles. The lowest BCUT2D eigenvalue weighted by atomic mass is 9.53. The van der Waals surface area contributed by atoms with Crippen molar-refractivity contribution >= 4 is 54.3 Å². The summed E-state index contributed by atoms with van der Waals surface area (Å²) in [5.74, 6) is 0. The highest BCUT2D eigenvalue weighted by Crippen LogP contribution is 2.28. The van der Waals surface area contributed by atoms with Crippen molar-refractivity contribution in [3.63, 3.8) is 0 Å². The van der Waals surface area contributed by atoms with E-state index in [1.54, 1.807) is 18.6 Å². The smallest absolute Gasteiger partial charge is 0.376 e. The highest BCUT2D eigenvalue weighted by molar-refractivity contribution is 9.11. The number of hydrogen-bond acceptors (Lipinski definition) is 3. The number of halogens is 3. The molecule has 0 amide bonds. The van der Waals surface area contributed by atoms with Gasteiger partial charge in [0.2, 0.25) is 0 Å². The van der Waals surface area contributed by atoms with E-state index in [9.17, 15) is 0 Å². The molecule has 4 rings (SSSR count). The van der Waals surface area contributed by atoms with Gasteiger partial charge in [0.25, 0.3) is 0 Å². The minimum absolute atomic E-state index is 0.875. The van der Waals surface area contributed by atoms with Gasteiger partial charge in [0.1, 0.15) is 0 Å². The number of allylic oxidation sites excluding steroid dienone is 3. The van der Waals surface area contributed by atoms with Crippen LogP contribution in [0.4, 0.5) is 0 Å². The van der Waals surface area contributed by atoms with Crippen LogP contribution in [0.5, 0.6) is 0 Å². The fourth-order valence-corrected chi connectivity index (χ4v) is 3.98. The molecular formula is C15H11BBr3N6-. The van der Waals surface area contributed by atoms with Crippen LogP contribution in [0.1, 0.15) is 6.92 Å². The van der Waals surface area contributed by atoms with Gasteiger partial charge in [-0.25, -0.2) is 15.3 Å². The van der Waals surface area contributed by atoms with E-state index in [2.05, 4.69) is 68.8 Å². The van der Waals surface area contributed by atoms with Crippen molar-refractivity contribution in [1.29, 1.82) is 0 Å². The molecule has 0 N–H and O–H groups in total. The van der Waals surface area contributed by atoms with E-state index < -0.39 is 6.55 Å².